The lowest BCUT2D eigenvalue weighted by atomic mass is 10.1. The van der Waals surface area contributed by atoms with Gasteiger partial charge in [-0.2, -0.15) is 0 Å². The first-order valence-electron chi connectivity index (χ1n) is 4.08. The predicted octanol–water partition coefficient (Wildman–Crippen LogP) is 0.0225. The fourth-order valence-corrected chi connectivity index (χ4v) is 0.713. The lowest BCUT2D eigenvalue weighted by Gasteiger charge is -2.14. The summed E-state index contributed by atoms with van der Waals surface area (Å²) >= 11 is 0. The zero-order valence-electron chi connectivity index (χ0n) is 7.76. The van der Waals surface area contributed by atoms with Crippen molar-refractivity contribution in [3.63, 3.8) is 0 Å². The number of hydrogen-bond acceptors (Lipinski definition) is 2. The Morgan fingerprint density at radius 2 is 1.92 bits per heavy atom. The number of nitrogens with one attached hydrogen (secondary N) is 1. The summed E-state index contributed by atoms with van der Waals surface area (Å²) in [6.45, 7) is 5.34. The topological polar surface area (TPSA) is 72.2 Å². The normalized spacial score (nSPS) is 12.7. The molecule has 0 radical (unpaired) electrons. The summed E-state index contributed by atoms with van der Waals surface area (Å²) in [5.41, 5.74) is 5.04. The SMILES string of the molecule is CC[C@H](NC(=O)C(C)C)C(N)=O. The first-order chi connectivity index (χ1) is 5.49. The Kier molecular flexibility index (Phi) is 4.33. The number of primary amides is 1. The Morgan fingerprint density at radius 3 is 2.17 bits per heavy atom. The molecule has 0 rings (SSSR count). The molecule has 0 aliphatic carbocycles. The van der Waals surface area contributed by atoms with Crippen LogP contribution in [0.3, 0.4) is 0 Å². The van der Waals surface area contributed by atoms with Gasteiger partial charge in [0.1, 0.15) is 6.04 Å². The Balaban J connectivity index is 4.03. The van der Waals surface area contributed by atoms with Gasteiger partial charge >= 0.3 is 0 Å². The van der Waals surface area contributed by atoms with Crippen molar-refractivity contribution in [2.24, 2.45) is 11.7 Å². The van der Waals surface area contributed by atoms with E-state index in [1.165, 1.54) is 0 Å². The van der Waals surface area contributed by atoms with Crippen LogP contribution in [0, 0.1) is 5.92 Å². The summed E-state index contributed by atoms with van der Waals surface area (Å²) in [6, 6.07) is -0.528. The van der Waals surface area contributed by atoms with Crippen molar-refractivity contribution in [2.75, 3.05) is 0 Å². The molecule has 0 aliphatic rings. The molecule has 0 fully saturated rings. The van der Waals surface area contributed by atoms with Gasteiger partial charge in [-0.3, -0.25) is 9.59 Å². The van der Waals surface area contributed by atoms with E-state index in [1.54, 1.807) is 20.8 Å². The van der Waals surface area contributed by atoms with Crippen LogP contribution in [0.15, 0.2) is 0 Å². The minimum absolute atomic E-state index is 0.113. The molecule has 0 spiro atoms. The summed E-state index contributed by atoms with van der Waals surface area (Å²) in [5, 5.41) is 2.55. The molecule has 4 nitrogen and oxygen atoms in total. The van der Waals surface area contributed by atoms with Gasteiger partial charge in [0, 0.05) is 5.92 Å². The first kappa shape index (κ1) is 10.9. The summed E-state index contributed by atoms with van der Waals surface area (Å²) in [5.74, 6) is -0.731. The molecular weight excluding hydrogens is 156 g/mol. The highest BCUT2D eigenvalue weighted by Crippen LogP contribution is 1.95. The number of amides is 2. The molecule has 0 bridgehead atoms. The van der Waals surface area contributed by atoms with E-state index in [9.17, 15) is 9.59 Å². The Labute approximate surface area is 72.5 Å². The van der Waals surface area contributed by atoms with Crippen LogP contribution in [-0.2, 0) is 9.59 Å². The van der Waals surface area contributed by atoms with Gasteiger partial charge in [0.05, 0.1) is 0 Å². The van der Waals surface area contributed by atoms with E-state index in [2.05, 4.69) is 5.32 Å². The summed E-state index contributed by atoms with van der Waals surface area (Å²) in [4.78, 5) is 21.8. The van der Waals surface area contributed by atoms with Gasteiger partial charge in [-0.15, -0.1) is 0 Å². The molecule has 0 heterocycles. The molecule has 12 heavy (non-hydrogen) atoms. The minimum atomic E-state index is -0.528. The molecule has 4 heteroatoms. The van der Waals surface area contributed by atoms with Crippen molar-refractivity contribution in [3.8, 4) is 0 Å². The van der Waals surface area contributed by atoms with E-state index in [-0.39, 0.29) is 11.8 Å². The average molecular weight is 172 g/mol. The maximum atomic E-state index is 11.1. The Bertz CT molecular complexity index is 178. The summed E-state index contributed by atoms with van der Waals surface area (Å²) in [6.07, 6.45) is 0.536. The van der Waals surface area contributed by atoms with Gasteiger partial charge in [0.15, 0.2) is 0 Å². The van der Waals surface area contributed by atoms with Crippen LogP contribution >= 0.6 is 0 Å². The second-order valence-corrected chi connectivity index (χ2v) is 3.03. The Morgan fingerprint density at radius 1 is 1.42 bits per heavy atom. The lowest BCUT2D eigenvalue weighted by molar-refractivity contribution is -0.129. The minimum Gasteiger partial charge on any atom is -0.368 e. The van der Waals surface area contributed by atoms with Crippen LogP contribution in [0.5, 0.6) is 0 Å². The van der Waals surface area contributed by atoms with Crippen LogP contribution in [0.2, 0.25) is 0 Å². The molecular formula is C8H16N2O2. The zero-order chi connectivity index (χ0) is 9.72. The fourth-order valence-electron chi connectivity index (χ4n) is 0.713. The lowest BCUT2D eigenvalue weighted by Crippen LogP contribution is -2.45. The molecule has 0 saturated carbocycles. The van der Waals surface area contributed by atoms with E-state index < -0.39 is 11.9 Å². The van der Waals surface area contributed by atoms with Gasteiger partial charge in [-0.1, -0.05) is 20.8 Å². The molecule has 0 aromatic carbocycles. The smallest absolute Gasteiger partial charge is 0.239 e. The number of hydrogen-bond donors (Lipinski definition) is 2. The number of rotatable bonds is 4. The maximum Gasteiger partial charge on any atom is 0.239 e. The number of nitrogens with two attached hydrogens (primary N) is 1. The third kappa shape index (κ3) is 3.37. The standard InChI is InChI=1S/C8H16N2O2/c1-4-6(7(9)11)10-8(12)5(2)3/h5-6H,4H2,1-3H3,(H2,9,11)(H,10,12)/t6-/m0/s1. The van der Waals surface area contributed by atoms with Crippen LogP contribution < -0.4 is 11.1 Å². The van der Waals surface area contributed by atoms with Crippen LogP contribution in [0.1, 0.15) is 27.2 Å². The van der Waals surface area contributed by atoms with Gasteiger partial charge < -0.3 is 11.1 Å². The quantitative estimate of drug-likeness (QED) is 0.627. The van der Waals surface area contributed by atoms with E-state index in [1.807, 2.05) is 0 Å². The fraction of sp³-hybridized carbons (Fsp3) is 0.750. The third-order valence-electron chi connectivity index (χ3n) is 1.59. The van der Waals surface area contributed by atoms with E-state index in [0.29, 0.717) is 6.42 Å². The highest BCUT2D eigenvalue weighted by Gasteiger charge is 2.16. The van der Waals surface area contributed by atoms with Gasteiger partial charge in [0.25, 0.3) is 0 Å². The van der Waals surface area contributed by atoms with E-state index in [4.69, 9.17) is 5.73 Å². The first-order valence-corrected chi connectivity index (χ1v) is 4.08. The predicted molar refractivity (Wildman–Crippen MR) is 46.3 cm³/mol. The van der Waals surface area contributed by atoms with Crippen molar-refractivity contribution < 1.29 is 9.59 Å². The van der Waals surface area contributed by atoms with E-state index >= 15 is 0 Å². The van der Waals surface area contributed by atoms with Crippen LogP contribution in [0.4, 0.5) is 0 Å². The second kappa shape index (κ2) is 4.74. The highest BCUT2D eigenvalue weighted by atomic mass is 16.2. The number of carbonyl (C=O) groups excluding carboxylic acids is 2. The van der Waals surface area contributed by atoms with E-state index in [0.717, 1.165) is 0 Å². The molecule has 2 amide bonds. The van der Waals surface area contributed by atoms with Crippen molar-refractivity contribution in [1.82, 2.24) is 5.32 Å². The molecule has 0 unspecified atom stereocenters. The molecule has 0 aromatic rings. The third-order valence-corrected chi connectivity index (χ3v) is 1.59. The zero-order valence-corrected chi connectivity index (χ0v) is 7.76. The van der Waals surface area contributed by atoms with Crippen molar-refractivity contribution in [2.45, 2.75) is 33.2 Å². The van der Waals surface area contributed by atoms with Gasteiger partial charge in [0.2, 0.25) is 11.8 Å². The van der Waals surface area contributed by atoms with Gasteiger partial charge in [-0.05, 0) is 6.42 Å². The van der Waals surface area contributed by atoms with Gasteiger partial charge in [-0.25, -0.2) is 0 Å². The monoisotopic (exact) mass is 172 g/mol. The molecule has 70 valence electrons. The van der Waals surface area contributed by atoms with Crippen LogP contribution in [0.25, 0.3) is 0 Å². The molecule has 0 aromatic heterocycles. The largest absolute Gasteiger partial charge is 0.368 e. The molecule has 0 saturated heterocycles. The van der Waals surface area contributed by atoms with Crippen molar-refractivity contribution in [1.29, 1.82) is 0 Å². The molecule has 3 N–H and O–H groups in total. The van der Waals surface area contributed by atoms with Crippen LogP contribution in [-0.4, -0.2) is 17.9 Å². The second-order valence-electron chi connectivity index (χ2n) is 3.03. The summed E-state index contributed by atoms with van der Waals surface area (Å²) < 4.78 is 0. The maximum absolute atomic E-state index is 11.1. The molecule has 1 atom stereocenters. The number of carbonyl (C=O) groups is 2. The average Bonchev–Trinajstić information content (AvgIpc) is 1.98. The molecule has 0 aliphatic heterocycles. The van der Waals surface area contributed by atoms with Crippen molar-refractivity contribution in [3.05, 3.63) is 0 Å². The van der Waals surface area contributed by atoms with Crippen molar-refractivity contribution >= 4 is 11.8 Å². The highest BCUT2D eigenvalue weighted by molar-refractivity contribution is 5.87. The Hall–Kier alpha value is -1.06. The summed E-state index contributed by atoms with van der Waals surface area (Å²) in [7, 11) is 0.